The van der Waals surface area contributed by atoms with E-state index in [0.29, 0.717) is 0 Å². The van der Waals surface area contributed by atoms with E-state index in [-0.39, 0.29) is 12.4 Å². The molecule has 0 saturated carbocycles. The number of carbonyl (C=O) groups is 5. The molecule has 0 bridgehead atoms. The summed E-state index contributed by atoms with van der Waals surface area (Å²) in [5.74, 6) is -2.71. The van der Waals surface area contributed by atoms with Crippen LogP contribution in [0, 0.1) is 5.41 Å². The van der Waals surface area contributed by atoms with Gasteiger partial charge in [0.05, 0.1) is 20.6 Å². The maximum atomic E-state index is 13.0. The van der Waals surface area contributed by atoms with E-state index in [1.54, 1.807) is 0 Å². The van der Waals surface area contributed by atoms with E-state index < -0.39 is 54.9 Å². The molecule has 41 heavy (non-hydrogen) atoms. The second-order valence-electron chi connectivity index (χ2n) is 11.3. The third-order valence-corrected chi connectivity index (χ3v) is 6.22. The number of ketones is 1. The van der Waals surface area contributed by atoms with Crippen LogP contribution in [0.3, 0.4) is 0 Å². The Morgan fingerprint density at radius 1 is 0.854 bits per heavy atom. The van der Waals surface area contributed by atoms with Crippen molar-refractivity contribution in [3.63, 3.8) is 0 Å². The van der Waals surface area contributed by atoms with Gasteiger partial charge in [0.25, 0.3) is 0 Å². The summed E-state index contributed by atoms with van der Waals surface area (Å²) in [7, 11) is 8.43. The van der Waals surface area contributed by atoms with Crippen molar-refractivity contribution in [2.24, 2.45) is 5.41 Å². The fourth-order valence-corrected chi connectivity index (χ4v) is 3.33. The SMILES string of the molecule is CC(=O)OCC(C)(COC(=O)OC(C)C(=O)OC(C)C(C)=O)C(=O)OCc1ccc(C[N+](C)(C)CCN(C)C)cc1. The van der Waals surface area contributed by atoms with Crippen LogP contribution in [0.25, 0.3) is 0 Å². The Morgan fingerprint density at radius 2 is 1.41 bits per heavy atom. The van der Waals surface area contributed by atoms with Crippen molar-refractivity contribution in [1.82, 2.24) is 4.90 Å². The molecule has 230 valence electrons. The van der Waals surface area contributed by atoms with Crippen LogP contribution in [-0.4, -0.2) is 106 Å². The maximum absolute atomic E-state index is 13.0. The first-order valence-electron chi connectivity index (χ1n) is 13.3. The van der Waals surface area contributed by atoms with Gasteiger partial charge in [-0.3, -0.25) is 14.4 Å². The summed E-state index contributed by atoms with van der Waals surface area (Å²) in [6.45, 7) is 8.27. The molecule has 0 N–H and O–H groups in total. The van der Waals surface area contributed by atoms with Gasteiger partial charge in [0.2, 0.25) is 0 Å². The Hall–Kier alpha value is -3.51. The lowest BCUT2D eigenvalue weighted by molar-refractivity contribution is -0.903. The van der Waals surface area contributed by atoms with Gasteiger partial charge in [-0.25, -0.2) is 9.59 Å². The Bertz CT molecular complexity index is 1050. The molecule has 0 spiro atoms. The fraction of sp³-hybridized carbons (Fsp3) is 0.621. The van der Waals surface area contributed by atoms with E-state index in [1.165, 1.54) is 34.6 Å². The average Bonchev–Trinajstić information content (AvgIpc) is 2.88. The van der Waals surface area contributed by atoms with Crippen molar-refractivity contribution < 1.29 is 52.1 Å². The summed E-state index contributed by atoms with van der Waals surface area (Å²) in [6.07, 6.45) is -3.62. The Labute approximate surface area is 242 Å². The standard InChI is InChI=1S/C29H45N2O10/c1-20(32)21(2)40-26(34)22(3)41-28(36)39-19-29(5,18-38-23(4)33)27(35)37-17-25-12-10-24(11-13-25)16-31(8,9)15-14-30(6)7/h10-13,21-22H,14-19H2,1-9H3/q+1. The Morgan fingerprint density at radius 3 is 1.95 bits per heavy atom. The van der Waals surface area contributed by atoms with Gasteiger partial charge in [-0.2, -0.15) is 0 Å². The number of quaternary nitrogens is 1. The lowest BCUT2D eigenvalue weighted by atomic mass is 9.93. The van der Waals surface area contributed by atoms with E-state index in [2.05, 4.69) is 19.0 Å². The highest BCUT2D eigenvalue weighted by Gasteiger charge is 2.39. The smallest absolute Gasteiger partial charge is 0.465 e. The topological polar surface area (TPSA) is 135 Å². The highest BCUT2D eigenvalue weighted by atomic mass is 16.7. The first-order valence-corrected chi connectivity index (χ1v) is 13.3. The minimum atomic E-state index is -1.55. The zero-order valence-corrected chi connectivity index (χ0v) is 25.7. The van der Waals surface area contributed by atoms with Crippen LogP contribution in [0.5, 0.6) is 0 Å². The van der Waals surface area contributed by atoms with Gasteiger partial charge >= 0.3 is 24.1 Å². The molecule has 3 atom stereocenters. The monoisotopic (exact) mass is 581 g/mol. The zero-order chi connectivity index (χ0) is 31.4. The lowest BCUT2D eigenvalue weighted by Crippen LogP contribution is -2.43. The van der Waals surface area contributed by atoms with Crippen molar-refractivity contribution >= 4 is 29.8 Å². The van der Waals surface area contributed by atoms with E-state index in [9.17, 15) is 24.0 Å². The number of likely N-dealkylation sites (N-methyl/N-ethyl adjacent to an activating group) is 2. The summed E-state index contributed by atoms with van der Waals surface area (Å²) in [6, 6.07) is 7.72. The van der Waals surface area contributed by atoms with E-state index >= 15 is 0 Å². The molecule has 0 aliphatic rings. The highest BCUT2D eigenvalue weighted by molar-refractivity contribution is 5.84. The minimum absolute atomic E-state index is 0.0463. The molecule has 0 fully saturated rings. The summed E-state index contributed by atoms with van der Waals surface area (Å²) >= 11 is 0. The molecule has 12 nitrogen and oxygen atoms in total. The number of hydrogen-bond acceptors (Lipinski definition) is 11. The third kappa shape index (κ3) is 13.6. The average molecular weight is 582 g/mol. The number of rotatable bonds is 16. The molecule has 1 aromatic carbocycles. The van der Waals surface area contributed by atoms with Crippen molar-refractivity contribution in [3.8, 4) is 0 Å². The van der Waals surface area contributed by atoms with Crippen LogP contribution in [0.4, 0.5) is 4.79 Å². The zero-order valence-electron chi connectivity index (χ0n) is 25.7. The lowest BCUT2D eigenvalue weighted by Gasteiger charge is -2.31. The predicted molar refractivity (Wildman–Crippen MR) is 148 cm³/mol. The van der Waals surface area contributed by atoms with Gasteiger partial charge in [-0.05, 0) is 47.4 Å². The largest absolute Gasteiger partial charge is 0.509 e. The van der Waals surface area contributed by atoms with Gasteiger partial charge in [0.1, 0.15) is 31.8 Å². The van der Waals surface area contributed by atoms with Crippen LogP contribution in [-0.2, 0) is 56.0 Å². The second-order valence-corrected chi connectivity index (χ2v) is 11.3. The molecule has 1 aromatic rings. The second kappa shape index (κ2) is 16.1. The summed E-state index contributed by atoms with van der Waals surface area (Å²) in [5.41, 5.74) is 0.346. The molecular formula is C29H45N2O10+. The molecule has 0 aliphatic carbocycles. The van der Waals surface area contributed by atoms with Crippen molar-refractivity contribution in [2.45, 2.75) is 60.0 Å². The first kappa shape index (κ1) is 35.5. The number of carbonyl (C=O) groups excluding carboxylic acids is 5. The molecule has 0 amide bonds. The number of hydrogen-bond donors (Lipinski definition) is 0. The number of esters is 3. The predicted octanol–water partition coefficient (Wildman–Crippen LogP) is 2.50. The third-order valence-electron chi connectivity index (χ3n) is 6.22. The highest BCUT2D eigenvalue weighted by Crippen LogP contribution is 2.22. The fourth-order valence-electron chi connectivity index (χ4n) is 3.33. The van der Waals surface area contributed by atoms with Crippen LogP contribution < -0.4 is 0 Å². The van der Waals surface area contributed by atoms with E-state index in [1.807, 2.05) is 38.4 Å². The Balaban J connectivity index is 2.75. The van der Waals surface area contributed by atoms with Gasteiger partial charge in [-0.1, -0.05) is 24.3 Å². The summed E-state index contributed by atoms with van der Waals surface area (Å²) in [4.78, 5) is 62.0. The molecule has 0 heterocycles. The van der Waals surface area contributed by atoms with E-state index in [0.717, 1.165) is 35.2 Å². The minimum Gasteiger partial charge on any atom is -0.465 e. The molecule has 0 aliphatic heterocycles. The van der Waals surface area contributed by atoms with Gasteiger partial charge in [-0.15, -0.1) is 0 Å². The molecular weight excluding hydrogens is 536 g/mol. The first-order chi connectivity index (χ1) is 18.9. The van der Waals surface area contributed by atoms with Crippen LogP contribution in [0.15, 0.2) is 24.3 Å². The molecule has 0 saturated heterocycles. The molecule has 0 aromatic heterocycles. The summed E-state index contributed by atoms with van der Waals surface area (Å²) < 4.78 is 26.1. The van der Waals surface area contributed by atoms with Gasteiger partial charge < -0.3 is 33.1 Å². The van der Waals surface area contributed by atoms with Crippen molar-refractivity contribution in [2.75, 3.05) is 54.5 Å². The molecule has 0 radical (unpaired) electrons. The van der Waals surface area contributed by atoms with Gasteiger partial charge in [0, 0.05) is 19.0 Å². The number of nitrogens with zero attached hydrogens (tertiary/aromatic N) is 2. The van der Waals surface area contributed by atoms with Crippen LogP contribution in [0.1, 0.15) is 45.7 Å². The molecule has 12 heteroatoms. The normalized spacial score (nSPS) is 14.3. The maximum Gasteiger partial charge on any atom is 0.509 e. The van der Waals surface area contributed by atoms with Crippen molar-refractivity contribution in [1.29, 1.82) is 0 Å². The Kier molecular flexibility index (Phi) is 13.9. The van der Waals surface area contributed by atoms with Gasteiger partial charge in [0.15, 0.2) is 18.0 Å². The number of benzene rings is 1. The number of ether oxygens (including phenoxy) is 5. The van der Waals surface area contributed by atoms with Crippen LogP contribution >= 0.6 is 0 Å². The van der Waals surface area contributed by atoms with E-state index in [4.69, 9.17) is 23.7 Å². The molecule has 3 unspecified atom stereocenters. The van der Waals surface area contributed by atoms with Crippen LogP contribution in [0.2, 0.25) is 0 Å². The van der Waals surface area contributed by atoms with Crippen molar-refractivity contribution in [3.05, 3.63) is 35.4 Å². The quantitative estimate of drug-likeness (QED) is 0.162. The number of Topliss-reactive ketones (excluding diaryl/α,β-unsaturated/α-hetero) is 1. The molecule has 1 rings (SSSR count). The summed E-state index contributed by atoms with van der Waals surface area (Å²) in [5, 5.41) is 0.